The summed E-state index contributed by atoms with van der Waals surface area (Å²) in [5.74, 6) is 0. The molecule has 0 radical (unpaired) electrons. The molecule has 0 spiro atoms. The monoisotopic (exact) mass is 313 g/mol. The molecule has 1 unspecified atom stereocenters. The van der Waals surface area contributed by atoms with Gasteiger partial charge in [0, 0.05) is 0 Å². The lowest BCUT2D eigenvalue weighted by Gasteiger charge is -2.30. The van der Waals surface area contributed by atoms with Crippen LogP contribution in [0, 0.1) is 0 Å². The second-order valence-corrected chi connectivity index (χ2v) is 9.01. The quantitative estimate of drug-likeness (QED) is 0.285. The molecule has 0 aliphatic rings. The number of hydrogen-bond acceptors (Lipinski definition) is 4. The Kier molecular flexibility index (Phi) is 5.31. The Bertz CT molecular complexity index is 404. The van der Waals surface area contributed by atoms with Crippen molar-refractivity contribution in [1.82, 2.24) is 0 Å². The Labute approximate surface area is 96.3 Å². The van der Waals surface area contributed by atoms with E-state index in [1.165, 1.54) is 0 Å². The smallest absolute Gasteiger partial charge is 0.324 e. The van der Waals surface area contributed by atoms with Crippen molar-refractivity contribution in [3.8, 4) is 0 Å². The zero-order chi connectivity index (χ0) is 14.1. The van der Waals surface area contributed by atoms with E-state index < -0.39 is 46.8 Å². The molecule has 17 heavy (non-hydrogen) atoms. The fourth-order valence-electron chi connectivity index (χ4n) is 1.01. The summed E-state index contributed by atoms with van der Waals surface area (Å²) in [5.41, 5.74) is 5.17. The summed E-state index contributed by atoms with van der Waals surface area (Å²) in [5, 5.41) is -2.66. The summed E-state index contributed by atoms with van der Waals surface area (Å²) in [6.07, 6.45) is -3.24. The minimum Gasteiger partial charge on any atom is -0.324 e. The first-order valence-corrected chi connectivity index (χ1v) is 9.31. The van der Waals surface area contributed by atoms with Gasteiger partial charge in [0.1, 0.15) is 5.28 Å². The minimum atomic E-state index is -5.13. The van der Waals surface area contributed by atoms with Crippen LogP contribution in [-0.4, -0.2) is 47.0 Å². The van der Waals surface area contributed by atoms with Gasteiger partial charge in [0.15, 0.2) is 0 Å². The van der Waals surface area contributed by atoms with Crippen LogP contribution in [0.1, 0.15) is 6.42 Å². The third-order valence-corrected chi connectivity index (χ3v) is 5.47. The number of nitrogens with two attached hydrogens (primary N) is 1. The normalized spacial score (nSPS) is 17.8. The zero-order valence-electron chi connectivity index (χ0n) is 8.45. The lowest BCUT2D eigenvalue weighted by molar-refractivity contribution is 0.310. The van der Waals surface area contributed by atoms with Gasteiger partial charge in [0.25, 0.3) is 0 Å². The molecule has 0 heterocycles. The number of rotatable bonds is 6. The van der Waals surface area contributed by atoms with E-state index in [0.717, 1.165) is 0 Å². The second-order valence-electron chi connectivity index (χ2n) is 3.61. The molecule has 0 aliphatic carbocycles. The molecular weight excluding hydrogens is 299 g/mol. The summed E-state index contributed by atoms with van der Waals surface area (Å²) >= 11 is 0. The van der Waals surface area contributed by atoms with Crippen molar-refractivity contribution in [2.75, 3.05) is 12.3 Å². The molecule has 8 N–H and O–H groups in total. The van der Waals surface area contributed by atoms with Crippen LogP contribution in [0.25, 0.3) is 0 Å². The van der Waals surface area contributed by atoms with Crippen molar-refractivity contribution in [2.24, 2.45) is 5.73 Å². The summed E-state index contributed by atoms with van der Waals surface area (Å²) in [6, 6.07) is 0. The van der Waals surface area contributed by atoms with Crippen LogP contribution in [-0.2, 0) is 13.7 Å². The zero-order valence-corrected chi connectivity index (χ0v) is 11.1. The average molecular weight is 313 g/mol. The van der Waals surface area contributed by atoms with Gasteiger partial charge in [-0.15, -0.1) is 0 Å². The largest absolute Gasteiger partial charge is 0.345 e. The van der Waals surface area contributed by atoms with E-state index in [1.54, 1.807) is 0 Å². The topological polar surface area (TPSA) is 199 Å². The van der Waals surface area contributed by atoms with Gasteiger partial charge in [-0.25, -0.2) is 0 Å². The van der Waals surface area contributed by atoms with Gasteiger partial charge >= 0.3 is 22.8 Å². The van der Waals surface area contributed by atoms with E-state index in [9.17, 15) is 13.7 Å². The van der Waals surface area contributed by atoms with Crippen LogP contribution in [0.3, 0.4) is 0 Å². The molecule has 0 aromatic heterocycles. The van der Waals surface area contributed by atoms with Gasteiger partial charge in [0.2, 0.25) is 0 Å². The molecule has 13 heteroatoms. The minimum absolute atomic E-state index is 0.910. The van der Waals surface area contributed by atoms with Gasteiger partial charge in [0.05, 0.1) is 12.3 Å². The summed E-state index contributed by atoms with van der Waals surface area (Å²) < 4.78 is 32.3. The summed E-state index contributed by atoms with van der Waals surface area (Å²) in [4.78, 5) is 52.2. The summed E-state index contributed by atoms with van der Waals surface area (Å²) in [6.45, 7) is 0. The molecular formula is C4H14NO9P3. The van der Waals surface area contributed by atoms with E-state index >= 15 is 0 Å². The maximum absolute atomic E-state index is 11.0. The molecule has 0 fully saturated rings. The van der Waals surface area contributed by atoms with Gasteiger partial charge in [-0.2, -0.15) is 0 Å². The summed E-state index contributed by atoms with van der Waals surface area (Å²) in [7, 11) is -14.5. The SMILES string of the molecule is NC(CCP(=O)(O)O)(CP(=O)(O)O)P(=O)(O)O. The van der Waals surface area contributed by atoms with Crippen LogP contribution in [0.5, 0.6) is 0 Å². The highest BCUT2D eigenvalue weighted by Crippen LogP contribution is 2.56. The third kappa shape index (κ3) is 6.79. The lowest BCUT2D eigenvalue weighted by atomic mass is 10.3. The standard InChI is InChI=1S/C4H14NO9P3/c5-4(17(12,13)14,3-16(9,10)11)1-2-15(6,7)8/h1-3,5H2,(H2,6,7,8)(H2,9,10,11)(H2,12,13,14). The highest BCUT2D eigenvalue weighted by Gasteiger charge is 2.48. The first-order chi connectivity index (χ1) is 7.16. The molecule has 104 valence electrons. The molecule has 0 saturated heterocycles. The molecule has 0 aromatic rings. The van der Waals surface area contributed by atoms with Crippen LogP contribution in [0.15, 0.2) is 0 Å². The van der Waals surface area contributed by atoms with Crippen molar-refractivity contribution < 1.29 is 43.1 Å². The van der Waals surface area contributed by atoms with Crippen LogP contribution >= 0.6 is 22.8 Å². The molecule has 0 saturated carbocycles. The van der Waals surface area contributed by atoms with Crippen molar-refractivity contribution in [1.29, 1.82) is 0 Å². The highest BCUT2D eigenvalue weighted by atomic mass is 31.2. The van der Waals surface area contributed by atoms with E-state index in [-0.39, 0.29) is 0 Å². The van der Waals surface area contributed by atoms with E-state index in [2.05, 4.69) is 0 Å². The van der Waals surface area contributed by atoms with Gasteiger partial charge in [-0.3, -0.25) is 13.7 Å². The van der Waals surface area contributed by atoms with E-state index in [1.807, 2.05) is 0 Å². The van der Waals surface area contributed by atoms with Crippen molar-refractivity contribution in [3.63, 3.8) is 0 Å². The van der Waals surface area contributed by atoms with Gasteiger partial charge < -0.3 is 35.1 Å². The fraction of sp³-hybridized carbons (Fsp3) is 1.00. The van der Waals surface area contributed by atoms with Crippen LogP contribution < -0.4 is 5.73 Å². The lowest BCUT2D eigenvalue weighted by Crippen LogP contribution is -2.44. The fourth-order valence-corrected chi connectivity index (χ4v) is 4.44. The van der Waals surface area contributed by atoms with Crippen molar-refractivity contribution >= 4 is 22.8 Å². The van der Waals surface area contributed by atoms with Gasteiger partial charge in [-0.1, -0.05) is 0 Å². The Hall–Kier alpha value is 0.410. The molecule has 1 atom stereocenters. The van der Waals surface area contributed by atoms with Gasteiger partial charge in [-0.05, 0) is 6.42 Å². The Balaban J connectivity index is 5.08. The molecule has 0 aromatic carbocycles. The van der Waals surface area contributed by atoms with Crippen molar-refractivity contribution in [3.05, 3.63) is 0 Å². The van der Waals surface area contributed by atoms with Crippen molar-refractivity contribution in [2.45, 2.75) is 11.7 Å². The predicted molar refractivity (Wildman–Crippen MR) is 57.4 cm³/mol. The first kappa shape index (κ1) is 17.4. The molecule has 0 rings (SSSR count). The Morgan fingerprint density at radius 1 is 0.882 bits per heavy atom. The maximum atomic E-state index is 11.0. The van der Waals surface area contributed by atoms with E-state index in [0.29, 0.717) is 0 Å². The van der Waals surface area contributed by atoms with Crippen LogP contribution in [0.4, 0.5) is 0 Å². The maximum Gasteiger partial charge on any atom is 0.345 e. The van der Waals surface area contributed by atoms with Crippen LogP contribution in [0.2, 0.25) is 0 Å². The Morgan fingerprint density at radius 2 is 1.29 bits per heavy atom. The number of hydrogen-bond donors (Lipinski definition) is 7. The molecule has 0 amide bonds. The molecule has 10 nitrogen and oxygen atoms in total. The average Bonchev–Trinajstić information content (AvgIpc) is 1.94. The third-order valence-electron chi connectivity index (χ3n) is 1.90. The highest BCUT2D eigenvalue weighted by molar-refractivity contribution is 7.57. The Morgan fingerprint density at radius 3 is 1.53 bits per heavy atom. The van der Waals surface area contributed by atoms with E-state index in [4.69, 9.17) is 35.1 Å². The predicted octanol–water partition coefficient (Wildman–Crippen LogP) is -1.44. The molecule has 0 bridgehead atoms. The second kappa shape index (κ2) is 5.19. The molecule has 0 aliphatic heterocycles. The first-order valence-electron chi connectivity index (χ1n) is 4.10.